The number of likely N-dealkylation sites (N-methyl/N-ethyl adjacent to an activating group) is 1. The van der Waals surface area contributed by atoms with E-state index in [1.807, 2.05) is 37.3 Å². The molecule has 1 aliphatic heterocycles. The van der Waals surface area contributed by atoms with Crippen LogP contribution in [0.15, 0.2) is 30.3 Å². The van der Waals surface area contributed by atoms with E-state index in [2.05, 4.69) is 0 Å². The molecule has 1 heterocycles. The first-order valence-electron chi connectivity index (χ1n) is 8.60. The van der Waals surface area contributed by atoms with Crippen LogP contribution in [0.5, 0.6) is 0 Å². The second kappa shape index (κ2) is 9.27. The zero-order valence-corrected chi connectivity index (χ0v) is 14.3. The lowest BCUT2D eigenvalue weighted by Crippen LogP contribution is -2.51. The van der Waals surface area contributed by atoms with Crippen molar-refractivity contribution in [3.05, 3.63) is 35.9 Å². The summed E-state index contributed by atoms with van der Waals surface area (Å²) >= 11 is 0. The number of piperidine rings is 1. The van der Waals surface area contributed by atoms with E-state index in [1.165, 1.54) is 0 Å². The summed E-state index contributed by atoms with van der Waals surface area (Å²) in [5.41, 5.74) is 6.43. The number of ether oxygens (including phenoxy) is 1. The molecule has 6 nitrogen and oxygen atoms in total. The van der Waals surface area contributed by atoms with Gasteiger partial charge in [0.2, 0.25) is 5.91 Å². The topological polar surface area (TPSA) is 75.9 Å². The minimum atomic E-state index is -0.306. The Morgan fingerprint density at radius 1 is 1.29 bits per heavy atom. The van der Waals surface area contributed by atoms with Crippen molar-refractivity contribution in [3.63, 3.8) is 0 Å². The van der Waals surface area contributed by atoms with Crippen LogP contribution in [0.3, 0.4) is 0 Å². The van der Waals surface area contributed by atoms with Crippen LogP contribution in [0, 0.1) is 0 Å². The molecule has 0 spiro atoms. The molecule has 0 aromatic heterocycles. The molecule has 1 fully saturated rings. The Bertz CT molecular complexity index is 536. The van der Waals surface area contributed by atoms with Gasteiger partial charge in [-0.1, -0.05) is 30.3 Å². The average Bonchev–Trinajstić information content (AvgIpc) is 2.64. The summed E-state index contributed by atoms with van der Waals surface area (Å²) in [4.78, 5) is 27.8. The van der Waals surface area contributed by atoms with Gasteiger partial charge in [-0.15, -0.1) is 0 Å². The van der Waals surface area contributed by atoms with E-state index >= 15 is 0 Å². The van der Waals surface area contributed by atoms with Crippen LogP contribution >= 0.6 is 0 Å². The van der Waals surface area contributed by atoms with Gasteiger partial charge in [-0.3, -0.25) is 4.79 Å². The highest BCUT2D eigenvalue weighted by molar-refractivity contribution is 5.78. The van der Waals surface area contributed by atoms with E-state index in [1.54, 1.807) is 9.80 Å². The van der Waals surface area contributed by atoms with Gasteiger partial charge in [0.1, 0.15) is 6.61 Å². The molecule has 24 heavy (non-hydrogen) atoms. The number of benzene rings is 1. The maximum absolute atomic E-state index is 12.5. The first-order valence-corrected chi connectivity index (χ1v) is 8.60. The Kier molecular flexibility index (Phi) is 7.06. The molecule has 0 saturated carbocycles. The molecule has 1 aliphatic rings. The Morgan fingerprint density at radius 3 is 2.71 bits per heavy atom. The molecule has 0 unspecified atom stereocenters. The van der Waals surface area contributed by atoms with Gasteiger partial charge < -0.3 is 20.3 Å². The van der Waals surface area contributed by atoms with Crippen LogP contribution in [0.1, 0.15) is 31.7 Å². The fourth-order valence-corrected chi connectivity index (χ4v) is 3.02. The molecule has 0 aliphatic carbocycles. The number of nitrogens with two attached hydrogens (primary N) is 1. The molecule has 0 bridgehead atoms. The lowest BCUT2D eigenvalue weighted by atomic mass is 10.0. The van der Waals surface area contributed by atoms with E-state index in [0.29, 0.717) is 19.6 Å². The second-order valence-electron chi connectivity index (χ2n) is 6.02. The molecule has 0 radical (unpaired) electrons. The van der Waals surface area contributed by atoms with Gasteiger partial charge in [-0.25, -0.2) is 4.79 Å². The highest BCUT2D eigenvalue weighted by Gasteiger charge is 2.30. The fourth-order valence-electron chi connectivity index (χ4n) is 3.02. The molecule has 1 aromatic rings. The molecule has 1 aromatic carbocycles. The van der Waals surface area contributed by atoms with E-state index < -0.39 is 0 Å². The maximum atomic E-state index is 12.5. The van der Waals surface area contributed by atoms with Crippen molar-refractivity contribution in [2.45, 2.75) is 38.8 Å². The summed E-state index contributed by atoms with van der Waals surface area (Å²) in [5.74, 6) is -0.0827. The Hall–Kier alpha value is -2.08. The summed E-state index contributed by atoms with van der Waals surface area (Å²) in [6.45, 7) is 3.98. The number of nitrogens with zero attached hydrogens (tertiary/aromatic N) is 2. The van der Waals surface area contributed by atoms with Crippen LogP contribution < -0.4 is 5.73 Å². The van der Waals surface area contributed by atoms with E-state index in [4.69, 9.17) is 10.5 Å². The third kappa shape index (κ3) is 4.96. The largest absolute Gasteiger partial charge is 0.445 e. The minimum absolute atomic E-state index is 0.000979. The monoisotopic (exact) mass is 333 g/mol. The minimum Gasteiger partial charge on any atom is -0.445 e. The predicted octanol–water partition coefficient (Wildman–Crippen LogP) is 1.98. The Labute approximate surface area is 143 Å². The van der Waals surface area contributed by atoms with Crippen molar-refractivity contribution in [1.82, 2.24) is 9.80 Å². The summed E-state index contributed by atoms with van der Waals surface area (Å²) in [6.07, 6.45) is 2.60. The van der Waals surface area contributed by atoms with Gasteiger partial charge in [0.05, 0.1) is 12.6 Å². The van der Waals surface area contributed by atoms with Crippen molar-refractivity contribution in [3.8, 4) is 0 Å². The number of hydrogen-bond acceptors (Lipinski definition) is 4. The standard InChI is InChI=1S/C18H27N3O3/c1-2-20(17(22)12-19)13-16-10-6-7-11-21(16)18(23)24-14-15-8-4-3-5-9-15/h3-5,8-9,16H,2,6-7,10-14,19H2,1H3/t16-/m0/s1. The number of amides is 2. The van der Waals surface area contributed by atoms with Gasteiger partial charge in [0.25, 0.3) is 0 Å². The normalized spacial score (nSPS) is 17.4. The average molecular weight is 333 g/mol. The van der Waals surface area contributed by atoms with Gasteiger partial charge >= 0.3 is 6.09 Å². The van der Waals surface area contributed by atoms with E-state index in [0.717, 1.165) is 24.8 Å². The third-order valence-electron chi connectivity index (χ3n) is 4.41. The first-order chi connectivity index (χ1) is 11.7. The molecule has 2 N–H and O–H groups in total. The SMILES string of the molecule is CCN(C[C@@H]1CCCCN1C(=O)OCc1ccccc1)C(=O)CN. The van der Waals surface area contributed by atoms with Gasteiger partial charge in [0.15, 0.2) is 0 Å². The van der Waals surface area contributed by atoms with Gasteiger partial charge in [-0.05, 0) is 31.7 Å². The maximum Gasteiger partial charge on any atom is 0.410 e. The van der Waals surface area contributed by atoms with Crippen LogP contribution in [0.25, 0.3) is 0 Å². The van der Waals surface area contributed by atoms with Gasteiger partial charge in [0, 0.05) is 19.6 Å². The van der Waals surface area contributed by atoms with Crippen molar-refractivity contribution in [2.24, 2.45) is 5.73 Å². The number of rotatable bonds is 6. The molecule has 132 valence electrons. The quantitative estimate of drug-likeness (QED) is 0.864. The molecule has 2 amide bonds. The van der Waals surface area contributed by atoms with Crippen molar-refractivity contribution < 1.29 is 14.3 Å². The molecular weight excluding hydrogens is 306 g/mol. The molecule has 2 rings (SSSR count). The number of hydrogen-bond donors (Lipinski definition) is 1. The lowest BCUT2D eigenvalue weighted by molar-refractivity contribution is -0.130. The lowest BCUT2D eigenvalue weighted by Gasteiger charge is -2.37. The van der Waals surface area contributed by atoms with E-state index in [-0.39, 0.29) is 31.2 Å². The highest BCUT2D eigenvalue weighted by Crippen LogP contribution is 2.19. The predicted molar refractivity (Wildman–Crippen MR) is 92.3 cm³/mol. The van der Waals surface area contributed by atoms with Crippen LogP contribution in [-0.4, -0.2) is 54.0 Å². The summed E-state index contributed by atoms with van der Waals surface area (Å²) in [7, 11) is 0. The first kappa shape index (κ1) is 18.3. The number of carbonyl (C=O) groups excluding carboxylic acids is 2. The van der Waals surface area contributed by atoms with E-state index in [9.17, 15) is 9.59 Å². The second-order valence-corrected chi connectivity index (χ2v) is 6.02. The fraction of sp³-hybridized carbons (Fsp3) is 0.556. The molecule has 6 heteroatoms. The van der Waals surface area contributed by atoms with Crippen LogP contribution in [0.2, 0.25) is 0 Å². The number of likely N-dealkylation sites (tertiary alicyclic amines) is 1. The molecule has 1 atom stereocenters. The third-order valence-corrected chi connectivity index (χ3v) is 4.41. The Balaban J connectivity index is 1.94. The zero-order valence-electron chi connectivity index (χ0n) is 14.3. The molecule has 1 saturated heterocycles. The summed E-state index contributed by atoms with van der Waals surface area (Å²) < 4.78 is 5.46. The van der Waals surface area contributed by atoms with Crippen molar-refractivity contribution in [2.75, 3.05) is 26.2 Å². The molecular formula is C18H27N3O3. The highest BCUT2D eigenvalue weighted by atomic mass is 16.6. The summed E-state index contributed by atoms with van der Waals surface area (Å²) in [5, 5.41) is 0. The Morgan fingerprint density at radius 2 is 2.04 bits per heavy atom. The van der Waals surface area contributed by atoms with Crippen LogP contribution in [0.4, 0.5) is 4.79 Å². The number of carbonyl (C=O) groups is 2. The van der Waals surface area contributed by atoms with Gasteiger partial charge in [-0.2, -0.15) is 0 Å². The van der Waals surface area contributed by atoms with Crippen molar-refractivity contribution >= 4 is 12.0 Å². The summed E-state index contributed by atoms with van der Waals surface area (Å²) in [6, 6.07) is 9.63. The zero-order chi connectivity index (χ0) is 17.4. The van der Waals surface area contributed by atoms with Crippen LogP contribution in [-0.2, 0) is 16.1 Å². The smallest absolute Gasteiger partial charge is 0.410 e. The van der Waals surface area contributed by atoms with Crippen molar-refractivity contribution in [1.29, 1.82) is 0 Å².